The van der Waals surface area contributed by atoms with Crippen molar-refractivity contribution in [2.45, 2.75) is 44.9 Å². The molecule has 0 aliphatic carbocycles. The molecule has 0 fully saturated rings. The number of aliphatic hydroxyl groups excluding tert-OH is 1. The zero-order valence-electron chi connectivity index (χ0n) is 12.4. The number of hydrogen-bond donors (Lipinski definition) is 2. The Kier molecular flexibility index (Phi) is 4.31. The Hall–Kier alpha value is -1.72. The number of aromatic nitrogens is 3. The molecular weight excluding hydrogens is 264 g/mol. The quantitative estimate of drug-likeness (QED) is 0.874. The molecule has 2 N–H and O–H groups in total. The maximum atomic E-state index is 10.2. The first-order valence-electron chi connectivity index (χ1n) is 7.65. The summed E-state index contributed by atoms with van der Waals surface area (Å²) < 4.78 is 2.01. The number of hydrogen-bond acceptors (Lipinski definition) is 4. The highest BCUT2D eigenvalue weighted by Crippen LogP contribution is 2.15. The van der Waals surface area contributed by atoms with E-state index in [4.69, 9.17) is 0 Å². The van der Waals surface area contributed by atoms with Crippen LogP contribution >= 0.6 is 0 Å². The summed E-state index contributed by atoms with van der Waals surface area (Å²) in [6, 6.07) is 10.1. The van der Waals surface area contributed by atoms with Gasteiger partial charge in [-0.3, -0.25) is 0 Å². The van der Waals surface area contributed by atoms with E-state index in [9.17, 15) is 5.11 Å². The highest BCUT2D eigenvalue weighted by molar-refractivity contribution is 5.17. The average Bonchev–Trinajstić information content (AvgIpc) is 2.95. The summed E-state index contributed by atoms with van der Waals surface area (Å²) in [4.78, 5) is 4.52. The monoisotopic (exact) mass is 286 g/mol. The molecule has 112 valence electrons. The van der Waals surface area contributed by atoms with Gasteiger partial charge in [-0.25, -0.2) is 9.67 Å². The summed E-state index contributed by atoms with van der Waals surface area (Å²) in [5, 5.41) is 18.1. The zero-order valence-corrected chi connectivity index (χ0v) is 12.4. The second kappa shape index (κ2) is 6.37. The number of aryl methyl sites for hydroxylation is 2. The lowest BCUT2D eigenvalue weighted by Gasteiger charge is -2.25. The maximum absolute atomic E-state index is 10.2. The van der Waals surface area contributed by atoms with Gasteiger partial charge >= 0.3 is 0 Å². The molecule has 5 heteroatoms. The van der Waals surface area contributed by atoms with Crippen molar-refractivity contribution in [3.8, 4) is 0 Å². The smallest absolute Gasteiger partial charge is 0.150 e. The van der Waals surface area contributed by atoms with E-state index < -0.39 is 6.10 Å². The van der Waals surface area contributed by atoms with Gasteiger partial charge in [-0.2, -0.15) is 5.10 Å². The normalized spacial score (nSPS) is 19.2. The van der Waals surface area contributed by atoms with E-state index in [2.05, 4.69) is 22.3 Å². The number of rotatable bonds is 5. The molecule has 5 nitrogen and oxygen atoms in total. The SMILES string of the molecule is CCc1nc2n(n1)C[C@@H](NC[C@@H](O)c1ccccc1)CC2. The standard InChI is InChI=1S/C16H22N4O/c1-2-15-18-16-9-8-13(11-20(16)19-15)17-10-14(21)12-6-4-3-5-7-12/h3-7,13-14,17,21H,2,8-11H2,1H3/t13-,14+/m0/s1. The molecule has 0 saturated heterocycles. The van der Waals surface area contributed by atoms with Crippen LogP contribution in [-0.4, -0.2) is 32.5 Å². The third kappa shape index (κ3) is 3.31. The van der Waals surface area contributed by atoms with Crippen LogP contribution < -0.4 is 5.32 Å². The molecule has 2 aromatic rings. The summed E-state index contributed by atoms with van der Waals surface area (Å²) >= 11 is 0. The van der Waals surface area contributed by atoms with E-state index in [1.54, 1.807) is 0 Å². The van der Waals surface area contributed by atoms with E-state index in [1.807, 2.05) is 35.0 Å². The molecule has 2 atom stereocenters. The van der Waals surface area contributed by atoms with Crippen LogP contribution in [-0.2, 0) is 19.4 Å². The Labute approximate surface area is 125 Å². The first-order valence-corrected chi connectivity index (χ1v) is 7.65. The van der Waals surface area contributed by atoms with Crippen LogP contribution in [0.5, 0.6) is 0 Å². The fraction of sp³-hybridized carbons (Fsp3) is 0.500. The largest absolute Gasteiger partial charge is 0.387 e. The molecule has 1 aromatic heterocycles. The number of fused-ring (bicyclic) bond motifs is 1. The molecule has 1 aromatic carbocycles. The minimum absolute atomic E-state index is 0.349. The van der Waals surface area contributed by atoms with Crippen molar-refractivity contribution in [2.24, 2.45) is 0 Å². The summed E-state index contributed by atoms with van der Waals surface area (Å²) in [6.07, 6.45) is 2.41. The van der Waals surface area contributed by atoms with Gasteiger partial charge in [-0.05, 0) is 12.0 Å². The van der Waals surface area contributed by atoms with Crippen LogP contribution in [0.25, 0.3) is 0 Å². The van der Waals surface area contributed by atoms with Gasteiger partial charge in [0.2, 0.25) is 0 Å². The average molecular weight is 286 g/mol. The van der Waals surface area contributed by atoms with Gasteiger partial charge in [0.1, 0.15) is 5.82 Å². The number of aliphatic hydroxyl groups is 1. The molecule has 21 heavy (non-hydrogen) atoms. The van der Waals surface area contributed by atoms with Crippen LogP contribution in [0.3, 0.4) is 0 Å². The van der Waals surface area contributed by atoms with Crippen molar-refractivity contribution in [3.63, 3.8) is 0 Å². The van der Waals surface area contributed by atoms with E-state index in [0.717, 1.165) is 43.0 Å². The molecule has 3 rings (SSSR count). The predicted octanol–water partition coefficient (Wildman–Crippen LogP) is 1.48. The third-order valence-corrected chi connectivity index (χ3v) is 4.00. The molecule has 0 amide bonds. The summed E-state index contributed by atoms with van der Waals surface area (Å²) in [5.74, 6) is 2.02. The number of benzene rings is 1. The van der Waals surface area contributed by atoms with Gasteiger partial charge in [0, 0.05) is 25.4 Å². The van der Waals surface area contributed by atoms with Crippen molar-refractivity contribution >= 4 is 0 Å². The van der Waals surface area contributed by atoms with Gasteiger partial charge in [0.05, 0.1) is 12.6 Å². The minimum Gasteiger partial charge on any atom is -0.387 e. The molecule has 2 heterocycles. The summed E-state index contributed by atoms with van der Waals surface area (Å²) in [5.41, 5.74) is 0.954. The molecule has 1 aliphatic rings. The molecule has 0 saturated carbocycles. The Morgan fingerprint density at radius 3 is 2.95 bits per heavy atom. The van der Waals surface area contributed by atoms with Crippen LogP contribution in [0.4, 0.5) is 0 Å². The van der Waals surface area contributed by atoms with E-state index in [1.165, 1.54) is 0 Å². The van der Waals surface area contributed by atoms with Crippen LogP contribution in [0, 0.1) is 0 Å². The van der Waals surface area contributed by atoms with E-state index >= 15 is 0 Å². The van der Waals surface area contributed by atoms with Crippen molar-refractivity contribution in [3.05, 3.63) is 47.5 Å². The molecular formula is C16H22N4O. The molecule has 0 spiro atoms. The Balaban J connectivity index is 1.55. The Morgan fingerprint density at radius 1 is 1.38 bits per heavy atom. The summed E-state index contributed by atoms with van der Waals surface area (Å²) in [6.45, 7) is 3.48. The molecule has 0 radical (unpaired) electrons. The summed E-state index contributed by atoms with van der Waals surface area (Å²) in [7, 11) is 0. The Morgan fingerprint density at radius 2 is 2.19 bits per heavy atom. The van der Waals surface area contributed by atoms with Gasteiger partial charge < -0.3 is 10.4 Å². The molecule has 0 unspecified atom stereocenters. The first-order chi connectivity index (χ1) is 10.3. The Bertz CT molecular complexity index is 581. The van der Waals surface area contributed by atoms with Crippen molar-refractivity contribution in [1.29, 1.82) is 0 Å². The van der Waals surface area contributed by atoms with Crippen molar-refractivity contribution in [2.75, 3.05) is 6.54 Å². The highest BCUT2D eigenvalue weighted by Gasteiger charge is 2.21. The highest BCUT2D eigenvalue weighted by atomic mass is 16.3. The lowest BCUT2D eigenvalue weighted by atomic mass is 10.1. The first kappa shape index (κ1) is 14.2. The van der Waals surface area contributed by atoms with Gasteiger partial charge in [-0.1, -0.05) is 37.3 Å². The lowest BCUT2D eigenvalue weighted by molar-refractivity contribution is 0.165. The van der Waals surface area contributed by atoms with Crippen LogP contribution in [0.1, 0.15) is 36.7 Å². The number of nitrogens with one attached hydrogen (secondary N) is 1. The minimum atomic E-state index is -0.463. The van der Waals surface area contributed by atoms with Crippen LogP contribution in [0.2, 0.25) is 0 Å². The topological polar surface area (TPSA) is 63.0 Å². The van der Waals surface area contributed by atoms with Gasteiger partial charge in [0.25, 0.3) is 0 Å². The second-order valence-electron chi connectivity index (χ2n) is 5.55. The fourth-order valence-electron chi connectivity index (χ4n) is 2.75. The lowest BCUT2D eigenvalue weighted by Crippen LogP contribution is -2.39. The number of nitrogens with zero attached hydrogens (tertiary/aromatic N) is 3. The fourth-order valence-corrected chi connectivity index (χ4v) is 2.75. The van der Waals surface area contributed by atoms with Crippen LogP contribution in [0.15, 0.2) is 30.3 Å². The van der Waals surface area contributed by atoms with Crippen molar-refractivity contribution in [1.82, 2.24) is 20.1 Å². The van der Waals surface area contributed by atoms with Crippen molar-refractivity contribution < 1.29 is 5.11 Å². The zero-order chi connectivity index (χ0) is 14.7. The predicted molar refractivity (Wildman–Crippen MR) is 80.9 cm³/mol. The third-order valence-electron chi connectivity index (χ3n) is 4.00. The maximum Gasteiger partial charge on any atom is 0.150 e. The van der Waals surface area contributed by atoms with Gasteiger partial charge in [-0.15, -0.1) is 0 Å². The van der Waals surface area contributed by atoms with E-state index in [-0.39, 0.29) is 0 Å². The van der Waals surface area contributed by atoms with Gasteiger partial charge in [0.15, 0.2) is 5.82 Å². The molecule has 1 aliphatic heterocycles. The van der Waals surface area contributed by atoms with E-state index in [0.29, 0.717) is 12.6 Å². The molecule has 0 bridgehead atoms. The second-order valence-corrected chi connectivity index (χ2v) is 5.55.